The first-order chi connectivity index (χ1) is 9.27. The summed E-state index contributed by atoms with van der Waals surface area (Å²) in [7, 11) is -3.80. The van der Waals surface area contributed by atoms with Crippen LogP contribution < -0.4 is 4.72 Å². The number of nitriles is 1. The zero-order valence-electron chi connectivity index (χ0n) is 10.7. The van der Waals surface area contributed by atoms with E-state index >= 15 is 0 Å². The third-order valence-corrected chi connectivity index (χ3v) is 4.21. The smallest absolute Gasteiger partial charge is 0.332 e. The third-order valence-electron chi connectivity index (χ3n) is 2.59. The zero-order valence-corrected chi connectivity index (χ0v) is 11.5. The molecule has 1 aromatic rings. The van der Waals surface area contributed by atoms with Crippen molar-refractivity contribution >= 4 is 16.0 Å². The van der Waals surface area contributed by atoms with Crippen LogP contribution in [0.3, 0.4) is 0 Å². The summed E-state index contributed by atoms with van der Waals surface area (Å²) in [6.07, 6.45) is -1.84. The van der Waals surface area contributed by atoms with Crippen molar-refractivity contribution in [1.82, 2.24) is 4.72 Å². The van der Waals surface area contributed by atoms with Crippen molar-refractivity contribution in [2.24, 2.45) is 0 Å². The van der Waals surface area contributed by atoms with Gasteiger partial charge >= 0.3 is 5.97 Å². The highest BCUT2D eigenvalue weighted by Gasteiger charge is 2.18. The molecule has 0 aromatic heterocycles. The molecule has 0 amide bonds. The molecule has 7 nitrogen and oxygen atoms in total. The van der Waals surface area contributed by atoms with Crippen LogP contribution in [0.2, 0.25) is 0 Å². The second-order valence-electron chi connectivity index (χ2n) is 4.13. The number of nitrogens with one attached hydrogen (secondary N) is 1. The molecular weight excluding hydrogens is 284 g/mol. The molecule has 0 fully saturated rings. The Morgan fingerprint density at radius 2 is 2.15 bits per heavy atom. The van der Waals surface area contributed by atoms with Gasteiger partial charge in [-0.25, -0.2) is 17.9 Å². The van der Waals surface area contributed by atoms with E-state index in [4.69, 9.17) is 15.5 Å². The maximum Gasteiger partial charge on any atom is 0.332 e. The van der Waals surface area contributed by atoms with Crippen molar-refractivity contribution in [3.8, 4) is 6.07 Å². The Balaban J connectivity index is 2.80. The van der Waals surface area contributed by atoms with Crippen LogP contribution >= 0.6 is 0 Å². The first-order valence-electron chi connectivity index (χ1n) is 5.69. The number of nitrogens with zero attached hydrogens (tertiary/aromatic N) is 1. The van der Waals surface area contributed by atoms with Gasteiger partial charge in [0, 0.05) is 6.54 Å². The first-order valence-corrected chi connectivity index (χ1v) is 7.17. The maximum absolute atomic E-state index is 12.0. The molecule has 0 spiro atoms. The normalized spacial score (nSPS) is 12.7. The summed E-state index contributed by atoms with van der Waals surface area (Å²) in [6.45, 7) is 1.36. The van der Waals surface area contributed by atoms with Crippen LogP contribution in [0, 0.1) is 18.3 Å². The average Bonchev–Trinajstić information content (AvgIpc) is 2.37. The molecular formula is C12H14N2O5S. The lowest BCUT2D eigenvalue weighted by Gasteiger charge is -2.10. The van der Waals surface area contributed by atoms with Crippen LogP contribution in [0.15, 0.2) is 23.1 Å². The van der Waals surface area contributed by atoms with Gasteiger partial charge in [0.2, 0.25) is 10.0 Å². The summed E-state index contributed by atoms with van der Waals surface area (Å²) in [5.74, 6) is -1.40. The predicted octanol–water partition coefficient (Wildman–Crippen LogP) is -0.0194. The van der Waals surface area contributed by atoms with E-state index in [9.17, 15) is 13.2 Å². The zero-order chi connectivity index (χ0) is 15.3. The molecule has 1 rings (SSSR count). The number of sulfonamides is 1. The van der Waals surface area contributed by atoms with Crippen molar-refractivity contribution in [2.75, 3.05) is 6.54 Å². The highest BCUT2D eigenvalue weighted by atomic mass is 32.2. The number of aryl methyl sites for hydroxylation is 1. The summed E-state index contributed by atoms with van der Waals surface area (Å²) >= 11 is 0. The SMILES string of the molecule is Cc1cc(C#N)ccc1S(=O)(=O)NCCC(O)C(=O)O. The summed E-state index contributed by atoms with van der Waals surface area (Å²) in [5.41, 5.74) is 0.762. The van der Waals surface area contributed by atoms with Crippen molar-refractivity contribution in [1.29, 1.82) is 5.26 Å². The molecule has 0 aliphatic carbocycles. The summed E-state index contributed by atoms with van der Waals surface area (Å²) < 4.78 is 26.2. The summed E-state index contributed by atoms with van der Waals surface area (Å²) in [6, 6.07) is 6.04. The van der Waals surface area contributed by atoms with E-state index in [1.165, 1.54) is 18.2 Å². The Labute approximate surface area is 116 Å². The second-order valence-corrected chi connectivity index (χ2v) is 5.87. The third kappa shape index (κ3) is 4.03. The van der Waals surface area contributed by atoms with Gasteiger partial charge in [-0.2, -0.15) is 5.26 Å². The lowest BCUT2D eigenvalue weighted by molar-refractivity contribution is -0.146. The Morgan fingerprint density at radius 1 is 1.50 bits per heavy atom. The fourth-order valence-electron chi connectivity index (χ4n) is 1.55. The Kier molecular flexibility index (Phi) is 5.21. The lowest BCUT2D eigenvalue weighted by Crippen LogP contribution is -2.30. The van der Waals surface area contributed by atoms with Gasteiger partial charge in [-0.05, 0) is 37.1 Å². The number of aliphatic hydroxyl groups excluding tert-OH is 1. The van der Waals surface area contributed by atoms with E-state index in [1.807, 2.05) is 6.07 Å². The molecule has 0 saturated carbocycles. The van der Waals surface area contributed by atoms with Gasteiger partial charge in [0.1, 0.15) is 0 Å². The van der Waals surface area contributed by atoms with Gasteiger partial charge in [0.15, 0.2) is 6.10 Å². The topological polar surface area (TPSA) is 127 Å². The minimum Gasteiger partial charge on any atom is -0.479 e. The van der Waals surface area contributed by atoms with Gasteiger partial charge < -0.3 is 10.2 Å². The number of carboxylic acid groups (broad SMARTS) is 1. The van der Waals surface area contributed by atoms with E-state index < -0.39 is 22.1 Å². The molecule has 0 aliphatic heterocycles. The molecule has 3 N–H and O–H groups in total. The molecule has 1 atom stereocenters. The van der Waals surface area contributed by atoms with Gasteiger partial charge in [0.05, 0.1) is 16.5 Å². The number of hydrogen-bond acceptors (Lipinski definition) is 5. The number of aliphatic hydroxyl groups is 1. The molecule has 0 bridgehead atoms. The van der Waals surface area contributed by atoms with Gasteiger partial charge in [-0.3, -0.25) is 0 Å². The first kappa shape index (κ1) is 16.1. The van der Waals surface area contributed by atoms with Crippen molar-refractivity contribution < 1.29 is 23.4 Å². The number of carboxylic acids is 1. The van der Waals surface area contributed by atoms with E-state index in [0.29, 0.717) is 11.1 Å². The molecule has 0 heterocycles. The minimum absolute atomic E-state index is 0.0151. The molecule has 1 unspecified atom stereocenters. The van der Waals surface area contributed by atoms with Crippen LogP contribution in [0.4, 0.5) is 0 Å². The molecule has 0 aliphatic rings. The second kappa shape index (κ2) is 6.47. The maximum atomic E-state index is 12.0. The van der Waals surface area contributed by atoms with Crippen LogP contribution in [0.5, 0.6) is 0 Å². The molecule has 108 valence electrons. The highest BCUT2D eigenvalue weighted by Crippen LogP contribution is 2.16. The average molecular weight is 298 g/mol. The van der Waals surface area contributed by atoms with E-state index in [-0.39, 0.29) is 17.9 Å². The Morgan fingerprint density at radius 3 is 2.65 bits per heavy atom. The molecule has 0 radical (unpaired) electrons. The van der Waals surface area contributed by atoms with Gasteiger partial charge in [-0.15, -0.1) is 0 Å². The molecule has 0 saturated heterocycles. The van der Waals surface area contributed by atoms with E-state index in [2.05, 4.69) is 4.72 Å². The fraction of sp³-hybridized carbons (Fsp3) is 0.333. The molecule has 1 aromatic carbocycles. The number of carbonyl (C=O) groups is 1. The number of aliphatic carboxylic acids is 1. The largest absolute Gasteiger partial charge is 0.479 e. The lowest BCUT2D eigenvalue weighted by atomic mass is 10.2. The van der Waals surface area contributed by atoms with Crippen LogP contribution in [-0.4, -0.2) is 37.2 Å². The van der Waals surface area contributed by atoms with Crippen molar-refractivity contribution in [3.63, 3.8) is 0 Å². The van der Waals surface area contributed by atoms with Crippen molar-refractivity contribution in [3.05, 3.63) is 29.3 Å². The number of hydrogen-bond donors (Lipinski definition) is 3. The number of benzene rings is 1. The summed E-state index contributed by atoms with van der Waals surface area (Å²) in [5, 5.41) is 26.2. The predicted molar refractivity (Wildman–Crippen MR) is 69.3 cm³/mol. The number of rotatable bonds is 6. The van der Waals surface area contributed by atoms with Crippen LogP contribution in [0.25, 0.3) is 0 Å². The fourth-order valence-corrected chi connectivity index (χ4v) is 2.82. The quantitative estimate of drug-likeness (QED) is 0.677. The van der Waals surface area contributed by atoms with Crippen LogP contribution in [0.1, 0.15) is 17.5 Å². The summed E-state index contributed by atoms with van der Waals surface area (Å²) in [4.78, 5) is 10.4. The van der Waals surface area contributed by atoms with E-state index in [1.54, 1.807) is 6.92 Å². The van der Waals surface area contributed by atoms with Crippen LogP contribution in [-0.2, 0) is 14.8 Å². The standard InChI is InChI=1S/C12H14N2O5S/c1-8-6-9(7-13)2-3-11(8)20(18,19)14-5-4-10(15)12(16)17/h2-3,6,10,14-15H,4-5H2,1H3,(H,16,17). The molecule has 20 heavy (non-hydrogen) atoms. The minimum atomic E-state index is -3.80. The Hall–Kier alpha value is -1.95. The van der Waals surface area contributed by atoms with Crippen molar-refractivity contribution in [2.45, 2.75) is 24.3 Å². The van der Waals surface area contributed by atoms with E-state index in [0.717, 1.165) is 0 Å². The monoisotopic (exact) mass is 298 g/mol. The Bertz CT molecular complexity index is 648. The molecule has 8 heteroatoms. The van der Waals surface area contributed by atoms with Gasteiger partial charge in [0.25, 0.3) is 0 Å². The van der Waals surface area contributed by atoms with Gasteiger partial charge in [-0.1, -0.05) is 0 Å². The highest BCUT2D eigenvalue weighted by molar-refractivity contribution is 7.89.